The van der Waals surface area contributed by atoms with Gasteiger partial charge < -0.3 is 9.47 Å². The molecule has 90 valence electrons. The van der Waals surface area contributed by atoms with Crippen molar-refractivity contribution < 1.29 is 19.2 Å². The molecule has 1 heterocycles. The second-order valence-electron chi connectivity index (χ2n) is 3.78. The Morgan fingerprint density at radius 1 is 1.59 bits per heavy atom. The lowest BCUT2D eigenvalue weighted by molar-refractivity contribution is -0.385. The molecule has 0 bridgehead atoms. The van der Waals surface area contributed by atoms with E-state index in [0.717, 1.165) is 0 Å². The number of nitro groups is 1. The number of nitro benzene ring substituents is 1. The quantitative estimate of drug-likeness (QED) is 0.440. The average molecular weight is 237 g/mol. The Bertz CT molecular complexity index is 471. The van der Waals surface area contributed by atoms with Gasteiger partial charge in [0.25, 0.3) is 5.69 Å². The van der Waals surface area contributed by atoms with Crippen LogP contribution in [0, 0.1) is 16.0 Å². The summed E-state index contributed by atoms with van der Waals surface area (Å²) in [5.41, 5.74) is 0.665. The van der Waals surface area contributed by atoms with Crippen molar-refractivity contribution >= 4 is 11.7 Å². The Balaban J connectivity index is 2.26. The standard InChI is InChI=1S/C11H11NO5/c1-16-11(13)8-4-7-5-9(12(14)15)2-3-10(7)17-6-8/h2-3,5,8H,4,6H2,1H3. The Labute approximate surface area is 97.3 Å². The van der Waals surface area contributed by atoms with Crippen LogP contribution >= 0.6 is 0 Å². The van der Waals surface area contributed by atoms with E-state index in [1.165, 1.54) is 19.2 Å². The van der Waals surface area contributed by atoms with Gasteiger partial charge in [-0.05, 0) is 12.5 Å². The summed E-state index contributed by atoms with van der Waals surface area (Å²) in [5.74, 6) is -0.160. The second-order valence-corrected chi connectivity index (χ2v) is 3.78. The zero-order chi connectivity index (χ0) is 12.4. The molecule has 1 aliphatic heterocycles. The number of benzene rings is 1. The van der Waals surface area contributed by atoms with Crippen LogP contribution < -0.4 is 4.74 Å². The molecule has 0 aliphatic carbocycles. The number of methoxy groups -OCH3 is 1. The van der Waals surface area contributed by atoms with Crippen molar-refractivity contribution in [3.05, 3.63) is 33.9 Å². The van der Waals surface area contributed by atoms with Gasteiger partial charge in [0, 0.05) is 17.7 Å². The molecular formula is C11H11NO5. The lowest BCUT2D eigenvalue weighted by Gasteiger charge is -2.23. The molecule has 0 aromatic heterocycles. The van der Waals surface area contributed by atoms with Crippen molar-refractivity contribution in [1.29, 1.82) is 0 Å². The summed E-state index contributed by atoms with van der Waals surface area (Å²) in [6.45, 7) is 0.248. The summed E-state index contributed by atoms with van der Waals surface area (Å²) in [7, 11) is 1.31. The van der Waals surface area contributed by atoms with Gasteiger partial charge >= 0.3 is 5.97 Å². The summed E-state index contributed by atoms with van der Waals surface area (Å²) in [6, 6.07) is 4.38. The Hall–Kier alpha value is -2.11. The smallest absolute Gasteiger partial charge is 0.312 e. The van der Waals surface area contributed by atoms with E-state index in [4.69, 9.17) is 4.74 Å². The van der Waals surface area contributed by atoms with Crippen LogP contribution in [0.15, 0.2) is 18.2 Å². The fourth-order valence-corrected chi connectivity index (χ4v) is 1.81. The third-order valence-corrected chi connectivity index (χ3v) is 2.70. The molecule has 1 aliphatic rings. The minimum Gasteiger partial charge on any atom is -0.492 e. The predicted octanol–water partition coefficient (Wildman–Crippen LogP) is 1.32. The van der Waals surface area contributed by atoms with Crippen molar-refractivity contribution in [1.82, 2.24) is 0 Å². The number of rotatable bonds is 2. The molecule has 0 radical (unpaired) electrons. The summed E-state index contributed by atoms with van der Waals surface area (Å²) in [6.07, 6.45) is 0.406. The number of hydrogen-bond acceptors (Lipinski definition) is 5. The normalized spacial score (nSPS) is 17.8. The highest BCUT2D eigenvalue weighted by atomic mass is 16.6. The predicted molar refractivity (Wildman–Crippen MR) is 57.8 cm³/mol. The number of esters is 1. The zero-order valence-corrected chi connectivity index (χ0v) is 9.21. The SMILES string of the molecule is COC(=O)C1COc2ccc([N+](=O)[O-])cc2C1. The highest BCUT2D eigenvalue weighted by molar-refractivity contribution is 5.73. The van der Waals surface area contributed by atoms with Crippen LogP contribution in [-0.4, -0.2) is 24.6 Å². The van der Waals surface area contributed by atoms with Crippen molar-refractivity contribution in [3.8, 4) is 5.75 Å². The second kappa shape index (κ2) is 4.40. The number of carbonyl (C=O) groups excluding carboxylic acids is 1. The van der Waals surface area contributed by atoms with Gasteiger partial charge in [0.15, 0.2) is 0 Å². The maximum absolute atomic E-state index is 11.4. The van der Waals surface area contributed by atoms with E-state index < -0.39 is 10.8 Å². The van der Waals surface area contributed by atoms with Gasteiger partial charge in [0.1, 0.15) is 12.4 Å². The number of fused-ring (bicyclic) bond motifs is 1. The van der Waals surface area contributed by atoms with Crippen molar-refractivity contribution in [2.24, 2.45) is 5.92 Å². The first-order valence-electron chi connectivity index (χ1n) is 5.09. The maximum Gasteiger partial charge on any atom is 0.312 e. The molecule has 1 unspecified atom stereocenters. The minimum atomic E-state index is -0.470. The van der Waals surface area contributed by atoms with Gasteiger partial charge in [-0.15, -0.1) is 0 Å². The summed E-state index contributed by atoms with van der Waals surface area (Å²) < 4.78 is 10.00. The first-order chi connectivity index (χ1) is 8.11. The number of carbonyl (C=O) groups is 1. The first-order valence-corrected chi connectivity index (χ1v) is 5.09. The molecule has 1 aromatic carbocycles. The third-order valence-electron chi connectivity index (χ3n) is 2.70. The number of non-ortho nitro benzene ring substituents is 1. The van der Waals surface area contributed by atoms with Crippen LogP contribution in [0.2, 0.25) is 0 Å². The van der Waals surface area contributed by atoms with Crippen LogP contribution in [0.25, 0.3) is 0 Å². The monoisotopic (exact) mass is 237 g/mol. The Morgan fingerprint density at radius 3 is 3.00 bits per heavy atom. The van der Waals surface area contributed by atoms with E-state index in [0.29, 0.717) is 17.7 Å². The van der Waals surface area contributed by atoms with Crippen LogP contribution in [0.1, 0.15) is 5.56 Å². The largest absolute Gasteiger partial charge is 0.492 e. The van der Waals surface area contributed by atoms with Crippen molar-refractivity contribution in [2.45, 2.75) is 6.42 Å². The van der Waals surface area contributed by atoms with E-state index in [-0.39, 0.29) is 18.3 Å². The molecule has 2 rings (SSSR count). The summed E-state index contributed by atoms with van der Waals surface area (Å²) in [4.78, 5) is 21.5. The van der Waals surface area contributed by atoms with Crippen LogP contribution in [0.5, 0.6) is 5.75 Å². The molecule has 0 fully saturated rings. The third kappa shape index (κ3) is 2.20. The molecule has 1 aromatic rings. The highest BCUT2D eigenvalue weighted by Crippen LogP contribution is 2.30. The molecule has 0 saturated carbocycles. The Morgan fingerprint density at radius 2 is 2.35 bits per heavy atom. The molecule has 6 nitrogen and oxygen atoms in total. The molecule has 1 atom stereocenters. The lowest BCUT2D eigenvalue weighted by atomic mass is 9.96. The lowest BCUT2D eigenvalue weighted by Crippen LogP contribution is -2.29. The van der Waals surface area contributed by atoms with Crippen LogP contribution in [0.4, 0.5) is 5.69 Å². The van der Waals surface area contributed by atoms with Gasteiger partial charge in [-0.25, -0.2) is 0 Å². The van der Waals surface area contributed by atoms with E-state index in [2.05, 4.69) is 4.74 Å². The molecule has 6 heteroatoms. The molecule has 0 spiro atoms. The Kier molecular flexibility index (Phi) is 2.95. The van der Waals surface area contributed by atoms with Crippen LogP contribution in [-0.2, 0) is 16.0 Å². The van der Waals surface area contributed by atoms with E-state index in [1.807, 2.05) is 0 Å². The summed E-state index contributed by atoms with van der Waals surface area (Å²) >= 11 is 0. The van der Waals surface area contributed by atoms with Crippen molar-refractivity contribution in [2.75, 3.05) is 13.7 Å². The number of ether oxygens (including phenoxy) is 2. The zero-order valence-electron chi connectivity index (χ0n) is 9.21. The average Bonchev–Trinajstić information content (AvgIpc) is 2.36. The number of nitrogens with zero attached hydrogens (tertiary/aromatic N) is 1. The van der Waals surface area contributed by atoms with Gasteiger partial charge in [-0.1, -0.05) is 0 Å². The molecule has 0 saturated heterocycles. The molecule has 0 amide bonds. The summed E-state index contributed by atoms with van der Waals surface area (Å²) in [5, 5.41) is 10.6. The fourth-order valence-electron chi connectivity index (χ4n) is 1.81. The van der Waals surface area contributed by atoms with Gasteiger partial charge in [0.05, 0.1) is 18.0 Å². The van der Waals surface area contributed by atoms with Gasteiger partial charge in [-0.2, -0.15) is 0 Å². The molecule has 17 heavy (non-hydrogen) atoms. The first kappa shape index (κ1) is 11.4. The minimum absolute atomic E-state index is 0.00198. The van der Waals surface area contributed by atoms with Gasteiger partial charge in [-0.3, -0.25) is 14.9 Å². The van der Waals surface area contributed by atoms with E-state index in [9.17, 15) is 14.9 Å². The van der Waals surface area contributed by atoms with E-state index >= 15 is 0 Å². The molecule has 0 N–H and O–H groups in total. The van der Waals surface area contributed by atoms with E-state index in [1.54, 1.807) is 6.07 Å². The highest BCUT2D eigenvalue weighted by Gasteiger charge is 2.27. The van der Waals surface area contributed by atoms with Crippen molar-refractivity contribution in [3.63, 3.8) is 0 Å². The van der Waals surface area contributed by atoms with Crippen LogP contribution in [0.3, 0.4) is 0 Å². The molecular weight excluding hydrogens is 226 g/mol. The maximum atomic E-state index is 11.4. The van der Waals surface area contributed by atoms with Gasteiger partial charge in [0.2, 0.25) is 0 Å². The number of hydrogen-bond donors (Lipinski definition) is 0. The topological polar surface area (TPSA) is 78.7 Å². The fraction of sp³-hybridized carbons (Fsp3) is 0.364.